The molecule has 0 aliphatic rings. The largest absolute Gasteiger partial charge is 0.257 e. The number of nitrogens with zero attached hydrogens (tertiary/aromatic N) is 3. The summed E-state index contributed by atoms with van der Waals surface area (Å²) >= 11 is 5.48. The average molecular weight is 196 g/mol. The monoisotopic (exact) mass is 195 g/mol. The second-order valence-corrected chi connectivity index (χ2v) is 2.60. The first-order valence-electron chi connectivity index (χ1n) is 3.38. The highest BCUT2D eigenvalue weighted by Crippen LogP contribution is 2.08. The Balaban J connectivity index is 2.80. The third-order valence-corrected chi connectivity index (χ3v) is 1.77. The lowest BCUT2D eigenvalue weighted by molar-refractivity contribution is 0.120. The maximum absolute atomic E-state index is 11.9. The molecule has 0 aliphatic carbocycles. The minimum absolute atomic E-state index is 0.203. The lowest BCUT2D eigenvalue weighted by Crippen LogP contribution is -2.09. The molecule has 0 aromatic carbocycles. The van der Waals surface area contributed by atoms with E-state index >= 15 is 0 Å². The molecule has 68 valence electrons. The molecule has 1 aromatic rings. The Morgan fingerprint density at radius 1 is 1.58 bits per heavy atom. The molecular formula is C6H8ClF2N3. The average Bonchev–Trinajstić information content (AvgIpc) is 2.32. The van der Waals surface area contributed by atoms with Crippen LogP contribution >= 0.6 is 11.6 Å². The first kappa shape index (κ1) is 9.38. The Labute approximate surface area is 73.3 Å². The van der Waals surface area contributed by atoms with Gasteiger partial charge in [0.25, 0.3) is 6.43 Å². The summed E-state index contributed by atoms with van der Waals surface area (Å²) in [6.07, 6.45) is -2.41. The second kappa shape index (κ2) is 3.80. The lowest BCUT2D eigenvalue weighted by Gasteiger charge is -2.00. The van der Waals surface area contributed by atoms with Gasteiger partial charge in [0.2, 0.25) is 0 Å². The fourth-order valence-electron chi connectivity index (χ4n) is 0.824. The molecule has 0 aliphatic heterocycles. The highest BCUT2D eigenvalue weighted by Gasteiger charge is 2.11. The van der Waals surface area contributed by atoms with Crippen molar-refractivity contribution < 1.29 is 8.78 Å². The SMILES string of the molecule is Cc1c(CCl)nnn1CC(F)F. The van der Waals surface area contributed by atoms with E-state index in [4.69, 9.17) is 11.6 Å². The van der Waals surface area contributed by atoms with Crippen molar-refractivity contribution in [2.45, 2.75) is 25.8 Å². The van der Waals surface area contributed by atoms with Gasteiger partial charge in [0.1, 0.15) is 12.2 Å². The van der Waals surface area contributed by atoms with Gasteiger partial charge in [-0.25, -0.2) is 13.5 Å². The predicted molar refractivity (Wildman–Crippen MR) is 40.3 cm³/mol. The summed E-state index contributed by atoms with van der Waals surface area (Å²) in [5.41, 5.74) is 1.16. The van der Waals surface area contributed by atoms with E-state index in [9.17, 15) is 8.78 Å². The number of aromatic nitrogens is 3. The van der Waals surface area contributed by atoms with E-state index in [-0.39, 0.29) is 5.88 Å². The van der Waals surface area contributed by atoms with Crippen molar-refractivity contribution in [1.82, 2.24) is 15.0 Å². The molecule has 0 radical (unpaired) electrons. The van der Waals surface area contributed by atoms with Crippen LogP contribution in [-0.2, 0) is 12.4 Å². The molecular weight excluding hydrogens is 188 g/mol. The minimum Gasteiger partial charge on any atom is -0.244 e. The maximum atomic E-state index is 11.9. The van der Waals surface area contributed by atoms with Crippen LogP contribution in [0.3, 0.4) is 0 Å². The molecule has 1 rings (SSSR count). The van der Waals surface area contributed by atoms with Crippen molar-refractivity contribution in [2.24, 2.45) is 0 Å². The van der Waals surface area contributed by atoms with E-state index in [1.807, 2.05) is 0 Å². The Morgan fingerprint density at radius 2 is 2.25 bits per heavy atom. The van der Waals surface area contributed by atoms with Crippen LogP contribution in [0.1, 0.15) is 11.4 Å². The van der Waals surface area contributed by atoms with Crippen LogP contribution in [0.5, 0.6) is 0 Å². The van der Waals surface area contributed by atoms with Crippen LogP contribution in [0.15, 0.2) is 0 Å². The fraction of sp³-hybridized carbons (Fsp3) is 0.667. The van der Waals surface area contributed by atoms with Crippen LogP contribution < -0.4 is 0 Å². The van der Waals surface area contributed by atoms with Crippen LogP contribution in [0.2, 0.25) is 0 Å². The zero-order chi connectivity index (χ0) is 9.14. The van der Waals surface area contributed by atoms with Crippen LogP contribution in [0, 0.1) is 6.92 Å². The molecule has 0 amide bonds. The zero-order valence-corrected chi connectivity index (χ0v) is 7.22. The molecule has 3 nitrogen and oxygen atoms in total. The zero-order valence-electron chi connectivity index (χ0n) is 6.47. The quantitative estimate of drug-likeness (QED) is 0.686. The van der Waals surface area contributed by atoms with Crippen molar-refractivity contribution in [3.05, 3.63) is 11.4 Å². The van der Waals surface area contributed by atoms with Crippen molar-refractivity contribution >= 4 is 11.6 Å². The van der Waals surface area contributed by atoms with E-state index in [1.54, 1.807) is 6.92 Å². The van der Waals surface area contributed by atoms with Crippen molar-refractivity contribution in [1.29, 1.82) is 0 Å². The highest BCUT2D eigenvalue weighted by atomic mass is 35.5. The van der Waals surface area contributed by atoms with Gasteiger partial charge in [-0.1, -0.05) is 5.21 Å². The van der Waals surface area contributed by atoms with Gasteiger partial charge in [-0.3, -0.25) is 0 Å². The molecule has 0 fully saturated rings. The molecule has 0 saturated carbocycles. The molecule has 12 heavy (non-hydrogen) atoms. The van der Waals surface area contributed by atoms with Crippen molar-refractivity contribution in [2.75, 3.05) is 0 Å². The maximum Gasteiger partial charge on any atom is 0.257 e. The van der Waals surface area contributed by atoms with Gasteiger partial charge in [0.15, 0.2) is 0 Å². The van der Waals surface area contributed by atoms with Crippen molar-refractivity contribution in [3.63, 3.8) is 0 Å². The highest BCUT2D eigenvalue weighted by molar-refractivity contribution is 6.16. The molecule has 0 unspecified atom stereocenters. The number of hydrogen-bond acceptors (Lipinski definition) is 2. The summed E-state index contributed by atoms with van der Waals surface area (Å²) in [5.74, 6) is 0.203. The molecule has 0 spiro atoms. The third-order valence-electron chi connectivity index (χ3n) is 1.52. The lowest BCUT2D eigenvalue weighted by atomic mass is 10.4. The number of halogens is 3. The van der Waals surface area contributed by atoms with E-state index in [2.05, 4.69) is 10.3 Å². The van der Waals surface area contributed by atoms with E-state index in [0.717, 1.165) is 4.68 Å². The summed E-state index contributed by atoms with van der Waals surface area (Å²) in [6.45, 7) is 1.25. The van der Waals surface area contributed by atoms with Crippen LogP contribution in [0.4, 0.5) is 8.78 Å². The van der Waals surface area contributed by atoms with Crippen LogP contribution in [0.25, 0.3) is 0 Å². The molecule has 0 saturated heterocycles. The standard InChI is InChI=1S/C6H8ClF2N3/c1-4-5(2-7)10-11-12(4)3-6(8)9/h6H,2-3H2,1H3. The van der Waals surface area contributed by atoms with Gasteiger partial charge in [0.05, 0.1) is 11.6 Å². The normalized spacial score (nSPS) is 11.1. The van der Waals surface area contributed by atoms with Gasteiger partial charge in [-0.15, -0.1) is 16.7 Å². The summed E-state index contributed by atoms with van der Waals surface area (Å²) in [5, 5.41) is 7.16. The molecule has 0 atom stereocenters. The van der Waals surface area contributed by atoms with Gasteiger partial charge >= 0.3 is 0 Å². The second-order valence-electron chi connectivity index (χ2n) is 2.33. The fourth-order valence-corrected chi connectivity index (χ4v) is 1.07. The van der Waals surface area contributed by atoms with Crippen molar-refractivity contribution in [3.8, 4) is 0 Å². The Kier molecular flexibility index (Phi) is 2.97. The minimum atomic E-state index is -2.41. The Morgan fingerprint density at radius 3 is 2.67 bits per heavy atom. The summed E-state index contributed by atoms with van der Waals surface area (Å²) in [6, 6.07) is 0. The molecule has 0 N–H and O–H groups in total. The van der Waals surface area contributed by atoms with E-state index in [1.165, 1.54) is 0 Å². The van der Waals surface area contributed by atoms with E-state index < -0.39 is 13.0 Å². The van der Waals surface area contributed by atoms with E-state index in [0.29, 0.717) is 11.4 Å². The third kappa shape index (κ3) is 1.91. The van der Waals surface area contributed by atoms with Gasteiger partial charge in [-0.05, 0) is 6.92 Å². The topological polar surface area (TPSA) is 30.7 Å². The summed E-state index contributed by atoms with van der Waals surface area (Å²) < 4.78 is 24.9. The molecule has 1 aromatic heterocycles. The summed E-state index contributed by atoms with van der Waals surface area (Å²) in [7, 11) is 0. The first-order valence-corrected chi connectivity index (χ1v) is 3.91. The predicted octanol–water partition coefficient (Wildman–Crippen LogP) is 1.59. The number of rotatable bonds is 3. The molecule has 6 heteroatoms. The smallest absolute Gasteiger partial charge is 0.244 e. The number of hydrogen-bond donors (Lipinski definition) is 0. The molecule has 0 bridgehead atoms. The first-order chi connectivity index (χ1) is 5.65. The summed E-state index contributed by atoms with van der Waals surface area (Å²) in [4.78, 5) is 0. The Hall–Kier alpha value is -0.710. The number of alkyl halides is 3. The van der Waals surface area contributed by atoms with Gasteiger partial charge in [0, 0.05) is 0 Å². The van der Waals surface area contributed by atoms with Crippen LogP contribution in [-0.4, -0.2) is 21.4 Å². The van der Waals surface area contributed by atoms with Gasteiger partial charge < -0.3 is 0 Å². The Bertz CT molecular complexity index is 261. The molecule has 1 heterocycles. The van der Waals surface area contributed by atoms with Gasteiger partial charge in [-0.2, -0.15) is 0 Å².